The van der Waals surface area contributed by atoms with Crippen LogP contribution in [0.5, 0.6) is 0 Å². The van der Waals surface area contributed by atoms with E-state index in [4.69, 9.17) is 15.7 Å². The summed E-state index contributed by atoms with van der Waals surface area (Å²) in [6.45, 7) is 5.36. The first kappa shape index (κ1) is 21.6. The number of nitrogens with two attached hydrogens (primary N) is 1. The van der Waals surface area contributed by atoms with E-state index in [0.717, 1.165) is 62.7 Å². The number of anilines is 1. The number of benzene rings is 1. The molecule has 1 amide bonds. The van der Waals surface area contributed by atoms with Gasteiger partial charge in [0.2, 0.25) is 5.91 Å². The van der Waals surface area contributed by atoms with Gasteiger partial charge in [-0.2, -0.15) is 5.26 Å². The van der Waals surface area contributed by atoms with Gasteiger partial charge in [-0.3, -0.25) is 9.69 Å². The van der Waals surface area contributed by atoms with Crippen molar-refractivity contribution in [1.82, 2.24) is 4.90 Å². The predicted molar refractivity (Wildman–Crippen MR) is 114 cm³/mol. The van der Waals surface area contributed by atoms with Gasteiger partial charge in [-0.1, -0.05) is 18.9 Å². The highest BCUT2D eigenvalue weighted by Gasteiger charge is 2.29. The van der Waals surface area contributed by atoms with Gasteiger partial charge < -0.3 is 15.4 Å². The Balaban J connectivity index is 1.37. The highest BCUT2D eigenvalue weighted by Crippen LogP contribution is 2.34. The number of carbonyl (C=O) groups is 1. The van der Waals surface area contributed by atoms with E-state index in [9.17, 15) is 4.79 Å². The molecule has 2 N–H and O–H groups in total. The second kappa shape index (κ2) is 10.6. The molecular weight excluding hydrogens is 364 g/mol. The standard InChI is InChI=1S/C23H34N4O2/c1-29-22(16-23(25)28)20-7-5-18(6-8-20)9-10-26-11-13-27(14-12-26)21-4-2-3-19(15-21)17-24/h2-4,15,18,20,22H,5-14,16H2,1H3,(H2,25,28). The molecule has 1 unspecified atom stereocenters. The van der Waals surface area contributed by atoms with E-state index in [2.05, 4.69) is 21.9 Å². The Kier molecular flexibility index (Phi) is 7.91. The summed E-state index contributed by atoms with van der Waals surface area (Å²) in [6, 6.07) is 10.1. The van der Waals surface area contributed by atoms with Crippen molar-refractivity contribution in [2.24, 2.45) is 17.6 Å². The van der Waals surface area contributed by atoms with Crippen LogP contribution in [0.25, 0.3) is 0 Å². The zero-order valence-electron chi connectivity index (χ0n) is 17.6. The Morgan fingerprint density at radius 1 is 1.24 bits per heavy atom. The SMILES string of the molecule is COC(CC(N)=O)C1CCC(CCN2CCN(c3cccc(C#N)c3)CC2)CC1. The predicted octanol–water partition coefficient (Wildman–Crippen LogP) is 2.77. The van der Waals surface area contributed by atoms with Crippen molar-refractivity contribution in [2.75, 3.05) is 44.7 Å². The van der Waals surface area contributed by atoms with Gasteiger partial charge in [0.05, 0.1) is 24.2 Å². The third kappa shape index (κ3) is 6.19. The van der Waals surface area contributed by atoms with Gasteiger partial charge in [-0.05, 0) is 55.8 Å². The highest BCUT2D eigenvalue weighted by molar-refractivity contribution is 5.74. The van der Waals surface area contributed by atoms with E-state index < -0.39 is 0 Å². The minimum Gasteiger partial charge on any atom is -0.381 e. The summed E-state index contributed by atoms with van der Waals surface area (Å²) in [5.41, 5.74) is 7.24. The van der Waals surface area contributed by atoms with Crippen molar-refractivity contribution in [3.63, 3.8) is 0 Å². The molecule has 1 aliphatic heterocycles. The lowest BCUT2D eigenvalue weighted by atomic mass is 9.77. The van der Waals surface area contributed by atoms with Crippen LogP contribution in [0.15, 0.2) is 24.3 Å². The van der Waals surface area contributed by atoms with Gasteiger partial charge in [0.25, 0.3) is 0 Å². The van der Waals surface area contributed by atoms with E-state index in [0.29, 0.717) is 12.3 Å². The minimum atomic E-state index is -0.266. The summed E-state index contributed by atoms with van der Waals surface area (Å²) in [5, 5.41) is 9.09. The number of rotatable bonds is 8. The number of piperazine rings is 1. The van der Waals surface area contributed by atoms with Gasteiger partial charge >= 0.3 is 0 Å². The highest BCUT2D eigenvalue weighted by atomic mass is 16.5. The fourth-order valence-electron chi connectivity index (χ4n) is 4.86. The molecule has 6 nitrogen and oxygen atoms in total. The van der Waals surface area contributed by atoms with Gasteiger partial charge in [-0.15, -0.1) is 0 Å². The number of nitrogens with zero attached hydrogens (tertiary/aromatic N) is 3. The Morgan fingerprint density at radius 2 is 1.97 bits per heavy atom. The Bertz CT molecular complexity index is 701. The van der Waals surface area contributed by atoms with E-state index in [1.807, 2.05) is 18.2 Å². The average Bonchev–Trinajstić information content (AvgIpc) is 2.76. The molecule has 3 rings (SSSR count). The number of methoxy groups -OCH3 is 1. The summed E-state index contributed by atoms with van der Waals surface area (Å²) in [5.74, 6) is 0.983. The van der Waals surface area contributed by atoms with Crippen molar-refractivity contribution in [3.8, 4) is 6.07 Å². The first-order valence-corrected chi connectivity index (χ1v) is 10.9. The van der Waals surface area contributed by atoms with Gasteiger partial charge in [0.15, 0.2) is 0 Å². The second-order valence-corrected chi connectivity index (χ2v) is 8.50. The van der Waals surface area contributed by atoms with Crippen LogP contribution in [0.3, 0.4) is 0 Å². The van der Waals surface area contributed by atoms with Crippen molar-refractivity contribution in [1.29, 1.82) is 5.26 Å². The summed E-state index contributed by atoms with van der Waals surface area (Å²) in [7, 11) is 1.69. The number of nitriles is 1. The quantitative estimate of drug-likeness (QED) is 0.728. The first-order chi connectivity index (χ1) is 14.1. The number of hydrogen-bond donors (Lipinski definition) is 1. The zero-order valence-corrected chi connectivity index (χ0v) is 17.6. The van der Waals surface area contributed by atoms with Crippen LogP contribution in [0.4, 0.5) is 5.69 Å². The van der Waals surface area contributed by atoms with Crippen LogP contribution >= 0.6 is 0 Å². The first-order valence-electron chi connectivity index (χ1n) is 10.9. The molecule has 2 aliphatic rings. The average molecular weight is 399 g/mol. The van der Waals surface area contributed by atoms with Crippen molar-refractivity contribution in [2.45, 2.75) is 44.6 Å². The Labute approximate surface area is 174 Å². The molecule has 2 fully saturated rings. The Hall–Kier alpha value is -2.10. The van der Waals surface area contributed by atoms with E-state index in [1.165, 1.54) is 19.3 Å². The largest absolute Gasteiger partial charge is 0.381 e. The molecule has 29 heavy (non-hydrogen) atoms. The Morgan fingerprint density at radius 3 is 2.59 bits per heavy atom. The lowest BCUT2D eigenvalue weighted by Crippen LogP contribution is -2.47. The van der Waals surface area contributed by atoms with Gasteiger partial charge in [0.1, 0.15) is 0 Å². The van der Waals surface area contributed by atoms with Crippen molar-refractivity contribution >= 4 is 11.6 Å². The topological polar surface area (TPSA) is 82.6 Å². The summed E-state index contributed by atoms with van der Waals surface area (Å²) in [4.78, 5) is 16.2. The van der Waals surface area contributed by atoms with Crippen LogP contribution in [-0.4, -0.2) is 56.7 Å². The smallest absolute Gasteiger partial charge is 0.220 e. The molecule has 0 aromatic heterocycles. The number of amides is 1. The fourth-order valence-corrected chi connectivity index (χ4v) is 4.86. The molecule has 0 bridgehead atoms. The third-order valence-electron chi connectivity index (χ3n) is 6.69. The lowest BCUT2D eigenvalue weighted by Gasteiger charge is -2.37. The van der Waals surface area contributed by atoms with Crippen LogP contribution in [0.2, 0.25) is 0 Å². The number of ether oxygens (including phenoxy) is 1. The summed E-state index contributed by atoms with van der Waals surface area (Å²) >= 11 is 0. The van der Waals surface area contributed by atoms with Crippen LogP contribution in [-0.2, 0) is 9.53 Å². The molecular formula is C23H34N4O2. The summed E-state index contributed by atoms with van der Waals surface area (Å²) in [6.07, 6.45) is 6.31. The molecule has 1 heterocycles. The van der Waals surface area contributed by atoms with Gasteiger partial charge in [-0.25, -0.2) is 0 Å². The van der Waals surface area contributed by atoms with Crippen molar-refractivity contribution < 1.29 is 9.53 Å². The molecule has 158 valence electrons. The molecule has 1 saturated heterocycles. The second-order valence-electron chi connectivity index (χ2n) is 8.50. The van der Waals surface area contributed by atoms with Gasteiger partial charge in [0, 0.05) is 39.0 Å². The molecule has 1 aromatic carbocycles. The third-order valence-corrected chi connectivity index (χ3v) is 6.69. The molecule has 1 saturated carbocycles. The molecule has 1 aromatic rings. The molecule has 1 aliphatic carbocycles. The minimum absolute atomic E-state index is 0.0129. The van der Waals surface area contributed by atoms with E-state index >= 15 is 0 Å². The summed E-state index contributed by atoms with van der Waals surface area (Å²) < 4.78 is 5.52. The maximum absolute atomic E-state index is 11.2. The number of hydrogen-bond acceptors (Lipinski definition) is 5. The fraction of sp³-hybridized carbons (Fsp3) is 0.652. The normalized spacial score (nSPS) is 24.1. The monoisotopic (exact) mass is 398 g/mol. The van der Waals surface area contributed by atoms with E-state index in [-0.39, 0.29) is 12.0 Å². The zero-order chi connectivity index (χ0) is 20.6. The van der Waals surface area contributed by atoms with Crippen LogP contribution in [0.1, 0.15) is 44.1 Å². The number of carbonyl (C=O) groups excluding carboxylic acids is 1. The van der Waals surface area contributed by atoms with E-state index in [1.54, 1.807) is 7.11 Å². The molecule has 0 spiro atoms. The number of primary amides is 1. The van der Waals surface area contributed by atoms with Crippen LogP contribution in [0, 0.1) is 23.2 Å². The lowest BCUT2D eigenvalue weighted by molar-refractivity contribution is -0.121. The maximum atomic E-state index is 11.2. The molecule has 0 radical (unpaired) electrons. The molecule has 6 heteroatoms. The van der Waals surface area contributed by atoms with Crippen LogP contribution < -0.4 is 10.6 Å². The molecule has 1 atom stereocenters. The van der Waals surface area contributed by atoms with Crippen molar-refractivity contribution in [3.05, 3.63) is 29.8 Å². The maximum Gasteiger partial charge on any atom is 0.220 e.